The largest absolute Gasteiger partial charge is 0.482 e. The van der Waals surface area contributed by atoms with Crippen molar-refractivity contribution in [3.63, 3.8) is 0 Å². The molecule has 0 saturated carbocycles. The summed E-state index contributed by atoms with van der Waals surface area (Å²) in [5.74, 6) is 1.44. The Morgan fingerprint density at radius 2 is 1.66 bits per heavy atom. The number of rotatable bonds is 7. The molecule has 7 heteroatoms. The van der Waals surface area contributed by atoms with Crippen LogP contribution in [0.25, 0.3) is 10.9 Å². The minimum Gasteiger partial charge on any atom is -0.482 e. The van der Waals surface area contributed by atoms with E-state index < -0.39 is 5.97 Å². The topological polar surface area (TPSA) is 79.7 Å². The fraction of sp³-hybridized carbons (Fsp3) is 0.160. The van der Waals surface area contributed by atoms with E-state index in [1.54, 1.807) is 62.5 Å². The number of fused-ring (bicyclic) bond motifs is 1. The Balaban J connectivity index is 1.67. The van der Waals surface area contributed by atoms with Crippen molar-refractivity contribution in [1.29, 1.82) is 0 Å². The number of hydrogen-bond donors (Lipinski definition) is 0. The van der Waals surface area contributed by atoms with Crippen molar-refractivity contribution in [3.05, 3.63) is 89.0 Å². The molecule has 0 aliphatic carbocycles. The summed E-state index contributed by atoms with van der Waals surface area (Å²) < 4.78 is 18.9. The zero-order valence-corrected chi connectivity index (χ0v) is 17.8. The second-order valence-electron chi connectivity index (χ2n) is 7.02. The van der Waals surface area contributed by atoms with Crippen LogP contribution in [0.4, 0.5) is 0 Å². The molecular formula is C25H22N2O5. The fourth-order valence-corrected chi connectivity index (χ4v) is 3.13. The quantitative estimate of drug-likeness (QED) is 0.314. The lowest BCUT2D eigenvalue weighted by Crippen LogP contribution is -2.23. The van der Waals surface area contributed by atoms with Crippen molar-refractivity contribution >= 4 is 16.9 Å². The van der Waals surface area contributed by atoms with Crippen LogP contribution in [0.5, 0.6) is 23.0 Å². The Hall–Kier alpha value is -4.13. The smallest absolute Gasteiger partial charge is 0.311 e. The van der Waals surface area contributed by atoms with E-state index in [0.29, 0.717) is 34.0 Å². The van der Waals surface area contributed by atoms with E-state index in [0.717, 1.165) is 0 Å². The number of carbonyl (C=O) groups is 1. The van der Waals surface area contributed by atoms with Crippen LogP contribution in [0.3, 0.4) is 0 Å². The highest BCUT2D eigenvalue weighted by molar-refractivity contribution is 5.77. The first kappa shape index (κ1) is 21.1. The molecule has 3 aromatic carbocycles. The Labute approximate surface area is 184 Å². The molecule has 162 valence electrons. The third-order valence-electron chi connectivity index (χ3n) is 4.85. The molecule has 0 amide bonds. The van der Waals surface area contributed by atoms with Crippen LogP contribution in [0, 0.1) is 0 Å². The summed E-state index contributed by atoms with van der Waals surface area (Å²) in [7, 11) is 1.65. The molecule has 0 aliphatic rings. The van der Waals surface area contributed by atoms with Gasteiger partial charge in [-0.1, -0.05) is 43.3 Å². The third-order valence-corrected chi connectivity index (χ3v) is 4.85. The lowest BCUT2D eigenvalue weighted by Gasteiger charge is -2.16. The van der Waals surface area contributed by atoms with Crippen LogP contribution in [-0.2, 0) is 18.4 Å². The number of carbonyl (C=O) groups excluding carboxylic acids is 1. The van der Waals surface area contributed by atoms with Crippen LogP contribution in [0.15, 0.2) is 77.6 Å². The molecule has 1 aromatic heterocycles. The Kier molecular flexibility index (Phi) is 6.17. The molecule has 0 saturated heterocycles. The minimum atomic E-state index is -0.421. The summed E-state index contributed by atoms with van der Waals surface area (Å²) in [6, 6.07) is 21.4. The molecular weight excluding hydrogens is 408 g/mol. The highest BCUT2D eigenvalue weighted by Gasteiger charge is 2.18. The fourth-order valence-electron chi connectivity index (χ4n) is 3.13. The average molecular weight is 430 g/mol. The summed E-state index contributed by atoms with van der Waals surface area (Å²) in [5.41, 5.74) is 0.431. The lowest BCUT2D eigenvalue weighted by molar-refractivity contribution is -0.134. The summed E-state index contributed by atoms with van der Waals surface area (Å²) in [6.45, 7) is 1.71. The minimum absolute atomic E-state index is 0.00202. The van der Waals surface area contributed by atoms with Gasteiger partial charge in [0.05, 0.1) is 10.9 Å². The van der Waals surface area contributed by atoms with Crippen LogP contribution >= 0.6 is 0 Å². The molecule has 4 rings (SSSR count). The predicted octanol–water partition coefficient (Wildman–Crippen LogP) is 4.62. The van der Waals surface area contributed by atoms with E-state index in [2.05, 4.69) is 4.98 Å². The number of aromatic nitrogens is 2. The number of nitrogens with zero attached hydrogens (tertiary/aromatic N) is 2. The van der Waals surface area contributed by atoms with Crippen molar-refractivity contribution < 1.29 is 19.0 Å². The standard InChI is InChI=1S/C25H22N2O5/c1-3-23(28)32-24-20(14-9-15-21(24)31-17-10-5-4-6-11-17)30-16-22-26-19-13-8-7-12-18(19)25(29)27(22)2/h4-15H,3,16H2,1-2H3. The molecule has 0 fully saturated rings. The second kappa shape index (κ2) is 9.34. The van der Waals surface area contributed by atoms with Gasteiger partial charge < -0.3 is 14.2 Å². The molecule has 0 unspecified atom stereocenters. The summed E-state index contributed by atoms with van der Waals surface area (Å²) in [6.07, 6.45) is 0.194. The van der Waals surface area contributed by atoms with Gasteiger partial charge >= 0.3 is 5.97 Å². The maximum atomic E-state index is 12.6. The zero-order chi connectivity index (χ0) is 22.5. The Morgan fingerprint density at radius 3 is 2.44 bits per heavy atom. The van der Waals surface area contributed by atoms with Gasteiger partial charge in [0.2, 0.25) is 5.75 Å². The molecule has 0 spiro atoms. The van der Waals surface area contributed by atoms with Gasteiger partial charge in [0.1, 0.15) is 18.2 Å². The van der Waals surface area contributed by atoms with Crippen molar-refractivity contribution in [2.24, 2.45) is 7.05 Å². The van der Waals surface area contributed by atoms with E-state index in [1.165, 1.54) is 4.57 Å². The summed E-state index contributed by atoms with van der Waals surface area (Å²) >= 11 is 0. The van der Waals surface area contributed by atoms with E-state index in [-0.39, 0.29) is 24.3 Å². The first-order chi connectivity index (χ1) is 15.6. The maximum Gasteiger partial charge on any atom is 0.311 e. The van der Waals surface area contributed by atoms with Crippen LogP contribution in [0.1, 0.15) is 19.2 Å². The van der Waals surface area contributed by atoms with Gasteiger partial charge in [-0.15, -0.1) is 0 Å². The highest BCUT2D eigenvalue weighted by atomic mass is 16.6. The van der Waals surface area contributed by atoms with E-state index in [9.17, 15) is 9.59 Å². The van der Waals surface area contributed by atoms with Gasteiger partial charge in [-0.25, -0.2) is 4.98 Å². The maximum absolute atomic E-state index is 12.6. The molecule has 0 atom stereocenters. The van der Waals surface area contributed by atoms with Gasteiger partial charge in [-0.05, 0) is 36.4 Å². The molecule has 32 heavy (non-hydrogen) atoms. The van der Waals surface area contributed by atoms with Crippen LogP contribution in [-0.4, -0.2) is 15.5 Å². The molecule has 0 radical (unpaired) electrons. The monoisotopic (exact) mass is 430 g/mol. The first-order valence-corrected chi connectivity index (χ1v) is 10.2. The molecule has 4 aromatic rings. The first-order valence-electron chi connectivity index (χ1n) is 10.2. The van der Waals surface area contributed by atoms with Crippen molar-refractivity contribution in [2.45, 2.75) is 20.0 Å². The van der Waals surface area contributed by atoms with Gasteiger partial charge in [0.25, 0.3) is 5.56 Å². The van der Waals surface area contributed by atoms with Crippen molar-refractivity contribution in [2.75, 3.05) is 0 Å². The van der Waals surface area contributed by atoms with E-state index in [4.69, 9.17) is 14.2 Å². The molecule has 7 nitrogen and oxygen atoms in total. The number of benzene rings is 3. The SMILES string of the molecule is CCC(=O)Oc1c(OCc2nc3ccccc3c(=O)n2C)cccc1Oc1ccccc1. The highest BCUT2D eigenvalue weighted by Crippen LogP contribution is 2.40. The van der Waals surface area contributed by atoms with Gasteiger partial charge in [-0.3, -0.25) is 14.2 Å². The van der Waals surface area contributed by atoms with E-state index in [1.807, 2.05) is 24.3 Å². The Bertz CT molecular complexity index is 1320. The Morgan fingerprint density at radius 1 is 0.938 bits per heavy atom. The summed E-state index contributed by atoms with van der Waals surface area (Å²) in [4.78, 5) is 29.3. The number of esters is 1. The van der Waals surface area contributed by atoms with Crippen LogP contribution < -0.4 is 19.8 Å². The summed E-state index contributed by atoms with van der Waals surface area (Å²) in [5, 5.41) is 0.537. The third kappa shape index (κ3) is 4.46. The predicted molar refractivity (Wildman–Crippen MR) is 120 cm³/mol. The van der Waals surface area contributed by atoms with Crippen LogP contribution in [0.2, 0.25) is 0 Å². The van der Waals surface area contributed by atoms with Crippen molar-refractivity contribution in [3.8, 4) is 23.0 Å². The molecule has 0 aliphatic heterocycles. The van der Waals surface area contributed by atoms with Crippen molar-refractivity contribution in [1.82, 2.24) is 9.55 Å². The zero-order valence-electron chi connectivity index (χ0n) is 17.8. The normalized spacial score (nSPS) is 10.7. The molecule has 1 heterocycles. The van der Waals surface area contributed by atoms with Gasteiger partial charge in [-0.2, -0.15) is 0 Å². The molecule has 0 bridgehead atoms. The van der Waals surface area contributed by atoms with Gasteiger partial charge in [0, 0.05) is 13.5 Å². The number of para-hydroxylation sites is 3. The average Bonchev–Trinajstić information content (AvgIpc) is 2.82. The second-order valence-corrected chi connectivity index (χ2v) is 7.02. The van der Waals surface area contributed by atoms with E-state index >= 15 is 0 Å². The number of hydrogen-bond acceptors (Lipinski definition) is 6. The number of ether oxygens (including phenoxy) is 3. The molecule has 0 N–H and O–H groups in total. The van der Waals surface area contributed by atoms with Gasteiger partial charge in [0.15, 0.2) is 11.5 Å². The lowest BCUT2D eigenvalue weighted by atomic mass is 10.2.